The van der Waals surface area contributed by atoms with Crippen molar-refractivity contribution >= 4 is 11.8 Å². The SMILES string of the molecule is CCCCCNC(=O)CCNC(=O)c1ccc(F)cc1F. The maximum Gasteiger partial charge on any atom is 0.254 e. The summed E-state index contributed by atoms with van der Waals surface area (Å²) < 4.78 is 26.1. The van der Waals surface area contributed by atoms with E-state index < -0.39 is 17.5 Å². The molecule has 0 unspecified atom stereocenters. The summed E-state index contributed by atoms with van der Waals surface area (Å²) in [6.07, 6.45) is 3.19. The molecule has 0 spiro atoms. The van der Waals surface area contributed by atoms with Crippen LogP contribution in [0.15, 0.2) is 18.2 Å². The van der Waals surface area contributed by atoms with Crippen molar-refractivity contribution in [2.24, 2.45) is 0 Å². The highest BCUT2D eigenvalue weighted by Gasteiger charge is 2.12. The summed E-state index contributed by atoms with van der Waals surface area (Å²) >= 11 is 0. The second-order valence-corrected chi connectivity index (χ2v) is 4.69. The van der Waals surface area contributed by atoms with Crippen molar-refractivity contribution in [1.82, 2.24) is 10.6 Å². The van der Waals surface area contributed by atoms with Crippen LogP contribution in [0, 0.1) is 11.6 Å². The topological polar surface area (TPSA) is 58.2 Å². The number of benzene rings is 1. The molecule has 4 nitrogen and oxygen atoms in total. The van der Waals surface area contributed by atoms with Crippen molar-refractivity contribution < 1.29 is 18.4 Å². The van der Waals surface area contributed by atoms with Gasteiger partial charge >= 0.3 is 0 Å². The molecule has 0 aliphatic carbocycles. The van der Waals surface area contributed by atoms with E-state index in [1.807, 2.05) is 0 Å². The predicted molar refractivity (Wildman–Crippen MR) is 75.8 cm³/mol. The molecule has 0 fully saturated rings. The number of nitrogens with one attached hydrogen (secondary N) is 2. The molecule has 0 atom stereocenters. The Bertz CT molecular complexity index is 493. The molecule has 1 rings (SSSR count). The molecule has 1 aromatic carbocycles. The van der Waals surface area contributed by atoms with E-state index in [0.29, 0.717) is 12.6 Å². The first-order chi connectivity index (χ1) is 10.0. The third-order valence-corrected chi connectivity index (χ3v) is 2.92. The molecular formula is C15H20F2N2O2. The summed E-state index contributed by atoms with van der Waals surface area (Å²) in [5.41, 5.74) is -0.236. The summed E-state index contributed by atoms with van der Waals surface area (Å²) in [5.74, 6) is -2.48. The van der Waals surface area contributed by atoms with E-state index in [9.17, 15) is 18.4 Å². The van der Waals surface area contributed by atoms with Gasteiger partial charge in [0.1, 0.15) is 11.6 Å². The summed E-state index contributed by atoms with van der Waals surface area (Å²) in [7, 11) is 0. The van der Waals surface area contributed by atoms with Crippen molar-refractivity contribution in [3.8, 4) is 0 Å². The number of carbonyl (C=O) groups is 2. The zero-order valence-corrected chi connectivity index (χ0v) is 12.0. The molecule has 21 heavy (non-hydrogen) atoms. The Morgan fingerprint density at radius 1 is 1.10 bits per heavy atom. The van der Waals surface area contributed by atoms with E-state index >= 15 is 0 Å². The molecule has 0 heterocycles. The van der Waals surface area contributed by atoms with Crippen molar-refractivity contribution in [2.45, 2.75) is 32.6 Å². The van der Waals surface area contributed by atoms with Gasteiger partial charge in [0, 0.05) is 25.6 Å². The van der Waals surface area contributed by atoms with Crippen molar-refractivity contribution in [2.75, 3.05) is 13.1 Å². The van der Waals surface area contributed by atoms with Gasteiger partial charge in [0.25, 0.3) is 5.91 Å². The van der Waals surface area contributed by atoms with Crippen LogP contribution < -0.4 is 10.6 Å². The van der Waals surface area contributed by atoms with Crippen LogP contribution in [-0.4, -0.2) is 24.9 Å². The Morgan fingerprint density at radius 2 is 1.86 bits per heavy atom. The molecule has 0 radical (unpaired) electrons. The van der Waals surface area contributed by atoms with Gasteiger partial charge in [-0.25, -0.2) is 8.78 Å². The standard InChI is InChI=1S/C15H20F2N2O2/c1-2-3-4-8-18-14(20)7-9-19-15(21)12-6-5-11(16)10-13(12)17/h5-6,10H,2-4,7-9H2,1H3,(H,18,20)(H,19,21). The van der Waals surface area contributed by atoms with Crippen LogP contribution in [0.2, 0.25) is 0 Å². The Morgan fingerprint density at radius 3 is 2.52 bits per heavy atom. The van der Waals surface area contributed by atoms with Gasteiger partial charge in [-0.1, -0.05) is 19.8 Å². The van der Waals surface area contributed by atoms with Gasteiger partial charge < -0.3 is 10.6 Å². The first-order valence-corrected chi connectivity index (χ1v) is 7.04. The molecule has 6 heteroatoms. The van der Waals surface area contributed by atoms with E-state index in [4.69, 9.17) is 0 Å². The molecule has 2 N–H and O–H groups in total. The number of hydrogen-bond acceptors (Lipinski definition) is 2. The largest absolute Gasteiger partial charge is 0.356 e. The van der Waals surface area contributed by atoms with E-state index in [0.717, 1.165) is 31.4 Å². The summed E-state index contributed by atoms with van der Waals surface area (Å²) in [6.45, 7) is 2.80. The van der Waals surface area contributed by atoms with Crippen LogP contribution in [0.4, 0.5) is 8.78 Å². The van der Waals surface area contributed by atoms with E-state index in [1.165, 1.54) is 0 Å². The van der Waals surface area contributed by atoms with Gasteiger partial charge in [-0.15, -0.1) is 0 Å². The number of amides is 2. The third-order valence-electron chi connectivity index (χ3n) is 2.92. The zero-order chi connectivity index (χ0) is 15.7. The maximum atomic E-state index is 13.3. The molecule has 116 valence electrons. The monoisotopic (exact) mass is 298 g/mol. The number of rotatable bonds is 8. The van der Waals surface area contributed by atoms with Crippen LogP contribution in [0.25, 0.3) is 0 Å². The molecule has 0 saturated carbocycles. The Balaban J connectivity index is 2.28. The zero-order valence-electron chi connectivity index (χ0n) is 12.0. The predicted octanol–water partition coefficient (Wildman–Crippen LogP) is 2.39. The van der Waals surface area contributed by atoms with Crippen LogP contribution >= 0.6 is 0 Å². The highest BCUT2D eigenvalue weighted by molar-refractivity contribution is 5.94. The van der Waals surface area contributed by atoms with Gasteiger partial charge in [0.05, 0.1) is 5.56 Å². The Hall–Kier alpha value is -1.98. The molecule has 1 aromatic rings. The Kier molecular flexibility index (Phi) is 7.36. The molecule has 0 aromatic heterocycles. The number of carbonyl (C=O) groups excluding carboxylic acids is 2. The lowest BCUT2D eigenvalue weighted by Gasteiger charge is -2.07. The Labute approximate surface area is 122 Å². The lowest BCUT2D eigenvalue weighted by molar-refractivity contribution is -0.120. The second kappa shape index (κ2) is 9.05. The first-order valence-electron chi connectivity index (χ1n) is 7.04. The fourth-order valence-electron chi connectivity index (χ4n) is 1.75. The molecular weight excluding hydrogens is 278 g/mol. The summed E-state index contributed by atoms with van der Waals surface area (Å²) in [4.78, 5) is 23.1. The molecule has 0 aliphatic heterocycles. The number of hydrogen-bond donors (Lipinski definition) is 2. The smallest absolute Gasteiger partial charge is 0.254 e. The lowest BCUT2D eigenvalue weighted by atomic mass is 10.2. The van der Waals surface area contributed by atoms with Crippen LogP contribution in [-0.2, 0) is 4.79 Å². The maximum absolute atomic E-state index is 13.3. The second-order valence-electron chi connectivity index (χ2n) is 4.69. The van der Waals surface area contributed by atoms with Crippen molar-refractivity contribution in [3.63, 3.8) is 0 Å². The average Bonchev–Trinajstić information content (AvgIpc) is 2.43. The average molecular weight is 298 g/mol. The third kappa shape index (κ3) is 6.33. The molecule has 0 bridgehead atoms. The van der Waals surface area contributed by atoms with Gasteiger partial charge in [0.2, 0.25) is 5.91 Å². The number of unbranched alkanes of at least 4 members (excludes halogenated alkanes) is 2. The van der Waals surface area contributed by atoms with Gasteiger partial charge in [-0.2, -0.15) is 0 Å². The van der Waals surface area contributed by atoms with Crippen molar-refractivity contribution in [3.05, 3.63) is 35.4 Å². The van der Waals surface area contributed by atoms with Gasteiger partial charge in [-0.3, -0.25) is 9.59 Å². The minimum Gasteiger partial charge on any atom is -0.356 e. The molecule has 0 saturated heterocycles. The summed E-state index contributed by atoms with van der Waals surface area (Å²) in [5, 5.41) is 5.17. The van der Waals surface area contributed by atoms with Gasteiger partial charge in [0.15, 0.2) is 0 Å². The van der Waals surface area contributed by atoms with E-state index in [-0.39, 0.29) is 24.4 Å². The quantitative estimate of drug-likeness (QED) is 0.724. The van der Waals surface area contributed by atoms with Crippen LogP contribution in [0.1, 0.15) is 43.0 Å². The minimum absolute atomic E-state index is 0.106. The minimum atomic E-state index is -0.920. The highest BCUT2D eigenvalue weighted by Crippen LogP contribution is 2.09. The summed E-state index contributed by atoms with van der Waals surface area (Å²) in [6, 6.07) is 2.73. The fraction of sp³-hybridized carbons (Fsp3) is 0.467. The van der Waals surface area contributed by atoms with Crippen LogP contribution in [0.3, 0.4) is 0 Å². The highest BCUT2D eigenvalue weighted by atomic mass is 19.1. The number of halogens is 2. The lowest BCUT2D eigenvalue weighted by Crippen LogP contribution is -2.31. The normalized spacial score (nSPS) is 10.2. The molecule has 0 aliphatic rings. The molecule has 2 amide bonds. The van der Waals surface area contributed by atoms with Crippen molar-refractivity contribution in [1.29, 1.82) is 0 Å². The van der Waals surface area contributed by atoms with Crippen LogP contribution in [0.5, 0.6) is 0 Å². The van der Waals surface area contributed by atoms with Gasteiger partial charge in [-0.05, 0) is 18.6 Å². The van der Waals surface area contributed by atoms with E-state index in [1.54, 1.807) is 0 Å². The van der Waals surface area contributed by atoms with E-state index in [2.05, 4.69) is 17.6 Å². The first kappa shape index (κ1) is 17.1. The fourth-order valence-corrected chi connectivity index (χ4v) is 1.75.